The number of aromatic nitrogens is 2. The largest absolute Gasteiger partial charge is 0.368 e. The van der Waals surface area contributed by atoms with E-state index in [1.807, 2.05) is 29.2 Å². The van der Waals surface area contributed by atoms with E-state index in [2.05, 4.69) is 20.8 Å². The fourth-order valence-electron chi connectivity index (χ4n) is 3.70. The van der Waals surface area contributed by atoms with Crippen molar-refractivity contribution in [3.63, 3.8) is 0 Å². The van der Waals surface area contributed by atoms with Gasteiger partial charge in [0.25, 0.3) is 0 Å². The van der Waals surface area contributed by atoms with Crippen LogP contribution in [0, 0.1) is 0 Å². The smallest absolute Gasteiger partial charge is 0.241 e. The molecule has 2 atom stereocenters. The molecule has 0 bridgehead atoms. The number of hydrogen-bond acceptors (Lipinski definition) is 6. The van der Waals surface area contributed by atoms with Crippen molar-refractivity contribution in [1.29, 1.82) is 0 Å². The molecule has 2 aromatic rings. The predicted octanol–water partition coefficient (Wildman–Crippen LogP) is 1.91. The first-order valence-corrected chi connectivity index (χ1v) is 9.18. The summed E-state index contributed by atoms with van der Waals surface area (Å²) in [6.45, 7) is 1.52. The Morgan fingerprint density at radius 3 is 2.81 bits per heavy atom. The average molecular weight is 373 g/mol. The number of carbonyl (C=O) groups excluding carboxylic acids is 1. The van der Waals surface area contributed by atoms with Crippen LogP contribution in [0.5, 0.6) is 0 Å². The molecule has 2 unspecified atom stereocenters. The van der Waals surface area contributed by atoms with Gasteiger partial charge >= 0.3 is 0 Å². The molecule has 1 amide bonds. The second-order valence-electron chi connectivity index (χ2n) is 6.64. The van der Waals surface area contributed by atoms with Gasteiger partial charge in [-0.2, -0.15) is 0 Å². The third-order valence-electron chi connectivity index (χ3n) is 4.98. The lowest BCUT2D eigenvalue weighted by Gasteiger charge is -2.28. The van der Waals surface area contributed by atoms with Crippen molar-refractivity contribution in [2.24, 2.45) is 0 Å². The molecule has 2 aliphatic heterocycles. The molecule has 3 heterocycles. The zero-order chi connectivity index (χ0) is 18.1. The molecule has 2 fully saturated rings. The summed E-state index contributed by atoms with van der Waals surface area (Å²) in [5.74, 6) is 0.328. The van der Waals surface area contributed by atoms with Gasteiger partial charge in [-0.1, -0.05) is 23.7 Å². The number of hydrazine groups is 1. The molecular formula is C18H21ClN6O. The number of nitrogens with two attached hydrogens (primary N) is 1. The topological polar surface area (TPSA) is 96.2 Å². The van der Waals surface area contributed by atoms with Crippen molar-refractivity contribution in [3.8, 4) is 11.1 Å². The summed E-state index contributed by atoms with van der Waals surface area (Å²) in [5.41, 5.74) is 14.6. The van der Waals surface area contributed by atoms with Crippen LogP contribution in [0.1, 0.15) is 31.0 Å². The number of likely N-dealkylation sites (tertiary alicyclic amines) is 1. The summed E-state index contributed by atoms with van der Waals surface area (Å²) >= 11 is 6.01. The van der Waals surface area contributed by atoms with Gasteiger partial charge < -0.3 is 10.6 Å². The molecule has 4 N–H and O–H groups in total. The molecule has 1 aromatic carbocycles. The van der Waals surface area contributed by atoms with Gasteiger partial charge in [0.2, 0.25) is 11.9 Å². The van der Waals surface area contributed by atoms with Gasteiger partial charge in [-0.05, 0) is 37.0 Å². The van der Waals surface area contributed by atoms with Crippen molar-refractivity contribution in [2.45, 2.75) is 31.3 Å². The van der Waals surface area contributed by atoms with E-state index in [0.29, 0.717) is 5.02 Å². The second-order valence-corrected chi connectivity index (χ2v) is 7.07. The number of anilines is 1. The highest BCUT2D eigenvalue weighted by Crippen LogP contribution is 2.37. The van der Waals surface area contributed by atoms with E-state index in [9.17, 15) is 4.79 Å². The third kappa shape index (κ3) is 3.25. The SMILES string of the molecule is Nc1ncc(-c2ccc(Cl)cc2)c(C2CCCN2C(=O)C2CCNN2)n1. The Morgan fingerprint density at radius 1 is 1.27 bits per heavy atom. The Labute approximate surface area is 156 Å². The van der Waals surface area contributed by atoms with E-state index in [-0.39, 0.29) is 23.9 Å². The summed E-state index contributed by atoms with van der Waals surface area (Å²) < 4.78 is 0. The van der Waals surface area contributed by atoms with Gasteiger partial charge in [0, 0.05) is 29.9 Å². The number of amides is 1. The summed E-state index contributed by atoms with van der Waals surface area (Å²) in [6.07, 6.45) is 4.33. The number of nitrogens with zero attached hydrogens (tertiary/aromatic N) is 3. The van der Waals surface area contributed by atoms with Gasteiger partial charge in [-0.3, -0.25) is 10.2 Å². The summed E-state index contributed by atoms with van der Waals surface area (Å²) in [4.78, 5) is 23.5. The molecule has 0 saturated carbocycles. The first kappa shape index (κ1) is 17.2. The van der Waals surface area contributed by atoms with E-state index in [1.165, 1.54) is 0 Å². The number of carbonyl (C=O) groups is 1. The van der Waals surface area contributed by atoms with Crippen molar-refractivity contribution in [1.82, 2.24) is 25.7 Å². The van der Waals surface area contributed by atoms with Gasteiger partial charge in [0.1, 0.15) is 6.04 Å². The van der Waals surface area contributed by atoms with Crippen LogP contribution in [-0.2, 0) is 4.79 Å². The van der Waals surface area contributed by atoms with Crippen LogP contribution >= 0.6 is 11.6 Å². The number of nitrogen functional groups attached to an aromatic ring is 1. The van der Waals surface area contributed by atoms with Gasteiger partial charge in [0.05, 0.1) is 11.7 Å². The summed E-state index contributed by atoms with van der Waals surface area (Å²) in [7, 11) is 0. The minimum Gasteiger partial charge on any atom is -0.368 e. The number of nitrogens with one attached hydrogen (secondary N) is 2. The molecule has 0 aliphatic carbocycles. The minimum absolute atomic E-state index is 0.0964. The average Bonchev–Trinajstić information content (AvgIpc) is 3.34. The Kier molecular flexibility index (Phi) is 4.76. The lowest BCUT2D eigenvalue weighted by atomic mass is 9.99. The Hall–Kier alpha value is -2.22. The van der Waals surface area contributed by atoms with Crippen molar-refractivity contribution in [3.05, 3.63) is 41.2 Å². The molecule has 2 aliphatic rings. The lowest BCUT2D eigenvalue weighted by molar-refractivity contribution is -0.134. The molecule has 4 rings (SSSR count). The first-order chi connectivity index (χ1) is 12.6. The third-order valence-corrected chi connectivity index (χ3v) is 5.23. The van der Waals surface area contributed by atoms with Crippen LogP contribution in [-0.4, -0.2) is 39.9 Å². The van der Waals surface area contributed by atoms with Crippen LogP contribution in [0.25, 0.3) is 11.1 Å². The van der Waals surface area contributed by atoms with Crippen LogP contribution in [0.15, 0.2) is 30.5 Å². The number of hydrogen-bond donors (Lipinski definition) is 3. The molecule has 2 saturated heterocycles. The van der Waals surface area contributed by atoms with Crippen molar-refractivity contribution >= 4 is 23.5 Å². The highest BCUT2D eigenvalue weighted by atomic mass is 35.5. The maximum Gasteiger partial charge on any atom is 0.241 e. The highest BCUT2D eigenvalue weighted by molar-refractivity contribution is 6.30. The molecule has 7 nitrogen and oxygen atoms in total. The maximum atomic E-state index is 12.9. The molecule has 1 aromatic heterocycles. The number of halogens is 1. The molecular weight excluding hydrogens is 352 g/mol. The van der Waals surface area contributed by atoms with Gasteiger partial charge in [0.15, 0.2) is 0 Å². The van der Waals surface area contributed by atoms with Crippen molar-refractivity contribution < 1.29 is 4.79 Å². The monoisotopic (exact) mass is 372 g/mol. The van der Waals surface area contributed by atoms with E-state index >= 15 is 0 Å². The zero-order valence-electron chi connectivity index (χ0n) is 14.3. The fourth-order valence-corrected chi connectivity index (χ4v) is 3.83. The Balaban J connectivity index is 1.70. The van der Waals surface area contributed by atoms with Crippen LogP contribution < -0.4 is 16.6 Å². The van der Waals surface area contributed by atoms with Crippen LogP contribution in [0.2, 0.25) is 5.02 Å². The van der Waals surface area contributed by atoms with Gasteiger partial charge in [-0.25, -0.2) is 15.4 Å². The normalized spacial score (nSPS) is 22.7. The predicted molar refractivity (Wildman–Crippen MR) is 100 cm³/mol. The standard InChI is InChI=1S/C18H21ClN6O/c19-12-5-3-11(4-6-12)13-10-21-18(20)23-16(13)15-2-1-9-25(15)17(26)14-7-8-22-24-14/h3-6,10,14-15,22,24H,1-2,7-9H2,(H2,20,21,23). The number of rotatable bonds is 3. The zero-order valence-corrected chi connectivity index (χ0v) is 15.0. The fraction of sp³-hybridized carbons (Fsp3) is 0.389. The quantitative estimate of drug-likeness (QED) is 0.761. The Bertz CT molecular complexity index is 806. The number of benzene rings is 1. The van der Waals surface area contributed by atoms with Crippen molar-refractivity contribution in [2.75, 3.05) is 18.8 Å². The second kappa shape index (κ2) is 7.19. The summed E-state index contributed by atoms with van der Waals surface area (Å²) in [6, 6.07) is 7.26. The van der Waals surface area contributed by atoms with E-state index in [1.54, 1.807) is 6.20 Å². The highest BCUT2D eigenvalue weighted by Gasteiger charge is 2.37. The van der Waals surface area contributed by atoms with Crippen LogP contribution in [0.4, 0.5) is 5.95 Å². The first-order valence-electron chi connectivity index (χ1n) is 8.80. The molecule has 136 valence electrons. The van der Waals surface area contributed by atoms with Gasteiger partial charge in [-0.15, -0.1) is 0 Å². The lowest BCUT2D eigenvalue weighted by Crippen LogP contribution is -2.45. The van der Waals surface area contributed by atoms with E-state index in [0.717, 1.165) is 49.2 Å². The Morgan fingerprint density at radius 2 is 2.08 bits per heavy atom. The molecule has 8 heteroatoms. The molecule has 0 radical (unpaired) electrons. The van der Waals surface area contributed by atoms with Crippen LogP contribution in [0.3, 0.4) is 0 Å². The minimum atomic E-state index is -0.186. The van der Waals surface area contributed by atoms with E-state index in [4.69, 9.17) is 17.3 Å². The summed E-state index contributed by atoms with van der Waals surface area (Å²) in [5, 5.41) is 0.671. The van der Waals surface area contributed by atoms with E-state index < -0.39 is 0 Å². The maximum absolute atomic E-state index is 12.9. The molecule has 26 heavy (non-hydrogen) atoms. The molecule has 0 spiro atoms.